The van der Waals surface area contributed by atoms with Crippen LogP contribution in [-0.4, -0.2) is 56.1 Å². The quantitative estimate of drug-likeness (QED) is 0.635. The van der Waals surface area contributed by atoms with Gasteiger partial charge in [-0.1, -0.05) is 12.1 Å². The molecule has 0 unspecified atom stereocenters. The van der Waals surface area contributed by atoms with Crippen molar-refractivity contribution in [3.8, 4) is 11.5 Å². The van der Waals surface area contributed by atoms with Crippen molar-refractivity contribution >= 4 is 28.5 Å². The molecule has 26 heavy (non-hydrogen) atoms. The number of nitrogens with zero attached hydrogens (tertiary/aromatic N) is 2. The van der Waals surface area contributed by atoms with Crippen molar-refractivity contribution in [2.45, 2.75) is 6.54 Å². The minimum Gasteiger partial charge on any atom is -0.497 e. The molecule has 1 aliphatic heterocycles. The van der Waals surface area contributed by atoms with E-state index < -0.39 is 0 Å². The van der Waals surface area contributed by atoms with Crippen LogP contribution in [0.3, 0.4) is 0 Å². The minimum absolute atomic E-state index is 0.119. The van der Waals surface area contributed by atoms with Crippen molar-refractivity contribution in [3.05, 3.63) is 57.2 Å². The number of ether oxygens (including phenoxy) is 2. The van der Waals surface area contributed by atoms with Crippen LogP contribution in [0.1, 0.15) is 15.9 Å². The molecule has 1 amide bonds. The molecule has 138 valence electrons. The molecule has 5 nitrogen and oxygen atoms in total. The molecular formula is C20H23IN2O3. The van der Waals surface area contributed by atoms with E-state index in [2.05, 4.69) is 27.5 Å². The molecule has 0 bridgehead atoms. The predicted molar refractivity (Wildman–Crippen MR) is 110 cm³/mol. The second kappa shape index (κ2) is 8.73. The van der Waals surface area contributed by atoms with Gasteiger partial charge >= 0.3 is 0 Å². The van der Waals surface area contributed by atoms with Gasteiger partial charge in [-0.15, -0.1) is 0 Å². The zero-order chi connectivity index (χ0) is 18.5. The number of hydrogen-bond acceptors (Lipinski definition) is 4. The van der Waals surface area contributed by atoms with Gasteiger partial charge in [0, 0.05) is 41.9 Å². The highest BCUT2D eigenvalue weighted by Crippen LogP contribution is 2.26. The molecule has 1 saturated heterocycles. The lowest BCUT2D eigenvalue weighted by atomic mass is 10.1. The summed E-state index contributed by atoms with van der Waals surface area (Å²) in [6.45, 7) is 3.93. The molecule has 2 aromatic carbocycles. The van der Waals surface area contributed by atoms with Crippen LogP contribution in [0, 0.1) is 3.57 Å². The molecule has 0 aromatic heterocycles. The first-order chi connectivity index (χ1) is 12.6. The molecule has 0 radical (unpaired) electrons. The standard InChI is InChI=1S/C20H23IN2O3/c1-25-16-7-8-19(26-2)15(13-16)14-22-9-11-23(12-10-22)20(24)17-5-3-4-6-18(17)21/h3-8,13H,9-12,14H2,1-2H3. The van der Waals surface area contributed by atoms with Crippen LogP contribution < -0.4 is 9.47 Å². The van der Waals surface area contributed by atoms with Gasteiger partial charge in [0.1, 0.15) is 11.5 Å². The number of rotatable bonds is 5. The van der Waals surface area contributed by atoms with Crippen LogP contribution in [0.5, 0.6) is 11.5 Å². The minimum atomic E-state index is 0.119. The van der Waals surface area contributed by atoms with Gasteiger partial charge in [0.2, 0.25) is 0 Å². The van der Waals surface area contributed by atoms with E-state index in [1.165, 1.54) is 0 Å². The lowest BCUT2D eigenvalue weighted by Crippen LogP contribution is -2.48. The normalized spacial score (nSPS) is 15.0. The maximum absolute atomic E-state index is 12.7. The van der Waals surface area contributed by atoms with Gasteiger partial charge in [-0.25, -0.2) is 0 Å². The maximum atomic E-state index is 12.7. The van der Waals surface area contributed by atoms with E-state index in [1.54, 1.807) is 14.2 Å². The number of halogens is 1. The Bertz CT molecular complexity index is 773. The molecule has 1 heterocycles. The van der Waals surface area contributed by atoms with E-state index in [9.17, 15) is 4.79 Å². The van der Waals surface area contributed by atoms with E-state index in [-0.39, 0.29) is 5.91 Å². The van der Waals surface area contributed by atoms with Crippen molar-refractivity contribution < 1.29 is 14.3 Å². The predicted octanol–water partition coefficient (Wildman–Crippen LogP) is 3.27. The van der Waals surface area contributed by atoms with Crippen LogP contribution in [0.4, 0.5) is 0 Å². The fraction of sp³-hybridized carbons (Fsp3) is 0.350. The van der Waals surface area contributed by atoms with Gasteiger partial charge in [-0.2, -0.15) is 0 Å². The van der Waals surface area contributed by atoms with Gasteiger partial charge in [0.25, 0.3) is 5.91 Å². The van der Waals surface area contributed by atoms with Crippen molar-refractivity contribution in [2.24, 2.45) is 0 Å². The van der Waals surface area contributed by atoms with E-state index >= 15 is 0 Å². The summed E-state index contributed by atoms with van der Waals surface area (Å²) in [5, 5.41) is 0. The van der Waals surface area contributed by atoms with Crippen LogP contribution in [0.15, 0.2) is 42.5 Å². The highest BCUT2D eigenvalue weighted by Gasteiger charge is 2.24. The van der Waals surface area contributed by atoms with E-state index in [0.717, 1.165) is 58.9 Å². The summed E-state index contributed by atoms with van der Waals surface area (Å²) < 4.78 is 11.8. The Hall–Kier alpha value is -1.80. The second-order valence-electron chi connectivity index (χ2n) is 6.23. The molecule has 6 heteroatoms. The number of carbonyl (C=O) groups excluding carboxylic acids is 1. The zero-order valence-electron chi connectivity index (χ0n) is 15.1. The average molecular weight is 466 g/mol. The maximum Gasteiger partial charge on any atom is 0.255 e. The van der Waals surface area contributed by atoms with Crippen molar-refractivity contribution in [2.75, 3.05) is 40.4 Å². The molecule has 0 spiro atoms. The summed E-state index contributed by atoms with van der Waals surface area (Å²) in [7, 11) is 3.35. The summed E-state index contributed by atoms with van der Waals surface area (Å²) in [4.78, 5) is 17.0. The van der Waals surface area contributed by atoms with Gasteiger partial charge < -0.3 is 14.4 Å². The Labute approximate surface area is 168 Å². The zero-order valence-corrected chi connectivity index (χ0v) is 17.2. The molecule has 0 saturated carbocycles. The molecule has 1 fully saturated rings. The third-order valence-electron chi connectivity index (χ3n) is 4.65. The summed E-state index contributed by atoms with van der Waals surface area (Å²) in [6.07, 6.45) is 0. The molecular weight excluding hydrogens is 443 g/mol. The van der Waals surface area contributed by atoms with Crippen molar-refractivity contribution in [3.63, 3.8) is 0 Å². The van der Waals surface area contributed by atoms with E-state index in [1.807, 2.05) is 47.4 Å². The molecule has 3 rings (SSSR count). The summed E-state index contributed by atoms with van der Waals surface area (Å²) in [5.74, 6) is 1.81. The van der Waals surface area contributed by atoms with Crippen molar-refractivity contribution in [1.82, 2.24) is 9.80 Å². The van der Waals surface area contributed by atoms with Gasteiger partial charge in [0.05, 0.1) is 19.8 Å². The fourth-order valence-corrected chi connectivity index (χ4v) is 3.78. The third-order valence-corrected chi connectivity index (χ3v) is 5.59. The number of carbonyl (C=O) groups is 1. The summed E-state index contributed by atoms with van der Waals surface area (Å²) in [5.41, 5.74) is 1.89. The Morgan fingerprint density at radius 3 is 2.42 bits per heavy atom. The van der Waals surface area contributed by atoms with Crippen molar-refractivity contribution in [1.29, 1.82) is 0 Å². The highest BCUT2D eigenvalue weighted by molar-refractivity contribution is 14.1. The lowest BCUT2D eigenvalue weighted by Gasteiger charge is -2.35. The Morgan fingerprint density at radius 1 is 1.04 bits per heavy atom. The molecule has 0 N–H and O–H groups in total. The average Bonchev–Trinajstić information content (AvgIpc) is 2.68. The second-order valence-corrected chi connectivity index (χ2v) is 7.39. The van der Waals surface area contributed by atoms with Crippen LogP contribution in [-0.2, 0) is 6.54 Å². The first kappa shape index (κ1) is 19.0. The number of piperazine rings is 1. The molecule has 0 atom stereocenters. The largest absolute Gasteiger partial charge is 0.497 e. The van der Waals surface area contributed by atoms with Gasteiger partial charge in [0.15, 0.2) is 0 Å². The highest BCUT2D eigenvalue weighted by atomic mass is 127. The molecule has 1 aliphatic rings. The number of amides is 1. The first-order valence-corrected chi connectivity index (χ1v) is 9.67. The topological polar surface area (TPSA) is 42.0 Å². The van der Waals surface area contributed by atoms with E-state index in [0.29, 0.717) is 0 Å². The summed E-state index contributed by atoms with van der Waals surface area (Å²) in [6, 6.07) is 13.6. The lowest BCUT2D eigenvalue weighted by molar-refractivity contribution is 0.0626. The SMILES string of the molecule is COc1ccc(OC)c(CN2CCN(C(=O)c3ccccc3I)CC2)c1. The van der Waals surface area contributed by atoms with Gasteiger partial charge in [-0.05, 0) is 52.9 Å². The molecule has 2 aromatic rings. The first-order valence-electron chi connectivity index (χ1n) is 8.59. The molecule has 0 aliphatic carbocycles. The summed E-state index contributed by atoms with van der Waals surface area (Å²) >= 11 is 2.22. The van der Waals surface area contributed by atoms with Crippen LogP contribution in [0.25, 0.3) is 0 Å². The van der Waals surface area contributed by atoms with E-state index in [4.69, 9.17) is 9.47 Å². The number of methoxy groups -OCH3 is 2. The Morgan fingerprint density at radius 2 is 1.77 bits per heavy atom. The Kier molecular flexibility index (Phi) is 6.37. The van der Waals surface area contributed by atoms with Crippen LogP contribution in [0.2, 0.25) is 0 Å². The van der Waals surface area contributed by atoms with Gasteiger partial charge in [-0.3, -0.25) is 9.69 Å². The third kappa shape index (κ3) is 4.29. The van der Waals surface area contributed by atoms with Crippen LogP contribution >= 0.6 is 22.6 Å². The monoisotopic (exact) mass is 466 g/mol. The number of hydrogen-bond donors (Lipinski definition) is 0. The smallest absolute Gasteiger partial charge is 0.255 e. The number of benzene rings is 2. The fourth-order valence-electron chi connectivity index (χ4n) is 3.16. The Balaban J connectivity index is 1.62.